The molecule has 0 saturated carbocycles. The summed E-state index contributed by atoms with van der Waals surface area (Å²) in [5.41, 5.74) is 0.439. The largest absolute Gasteiger partial charge is 0.460 e. The van der Waals surface area contributed by atoms with Crippen molar-refractivity contribution in [3.8, 4) is 10.9 Å². The first kappa shape index (κ1) is 14.3. The molecule has 6 nitrogen and oxygen atoms in total. The van der Waals surface area contributed by atoms with Crippen molar-refractivity contribution >= 4 is 17.3 Å². The van der Waals surface area contributed by atoms with E-state index in [-0.39, 0.29) is 6.61 Å². The van der Waals surface area contributed by atoms with Gasteiger partial charge < -0.3 is 9.47 Å². The second-order valence-electron chi connectivity index (χ2n) is 4.33. The minimum atomic E-state index is -0.392. The van der Waals surface area contributed by atoms with E-state index in [0.717, 1.165) is 0 Å². The summed E-state index contributed by atoms with van der Waals surface area (Å²) in [4.78, 5) is 16.0. The predicted octanol–water partition coefficient (Wildman–Crippen LogP) is 2.99. The Morgan fingerprint density at radius 2 is 2.23 bits per heavy atom. The Kier molecular flexibility index (Phi) is 4.45. The Balaban J connectivity index is 1.57. The molecule has 3 aromatic rings. The summed E-state index contributed by atoms with van der Waals surface area (Å²) < 4.78 is 12.5. The molecule has 0 radical (unpaired) electrons. The molecule has 0 spiro atoms. The van der Waals surface area contributed by atoms with Gasteiger partial charge in [-0.15, -0.1) is 0 Å². The summed E-state index contributed by atoms with van der Waals surface area (Å²) in [5.74, 6) is 0.160. The lowest BCUT2D eigenvalue weighted by Gasteiger charge is -2.07. The number of benzene rings is 1. The van der Waals surface area contributed by atoms with E-state index in [0.29, 0.717) is 23.1 Å². The zero-order valence-corrected chi connectivity index (χ0v) is 12.4. The summed E-state index contributed by atoms with van der Waals surface area (Å²) >= 11 is 1.39. The van der Waals surface area contributed by atoms with E-state index in [4.69, 9.17) is 9.47 Å². The minimum absolute atomic E-state index is 0.262. The number of carbonyl (C=O) groups excluding carboxylic acids is 1. The quantitative estimate of drug-likeness (QED) is 0.654. The molecule has 0 aliphatic carbocycles. The monoisotopic (exact) mass is 315 g/mol. The first-order valence-electron chi connectivity index (χ1n) is 6.63. The molecule has 3 rings (SSSR count). The maximum Gasteiger partial charge on any atom is 0.338 e. The number of nitrogens with zero attached hydrogens (tertiary/aromatic N) is 3. The van der Waals surface area contributed by atoms with Gasteiger partial charge in [-0.1, -0.05) is 17.4 Å². The van der Waals surface area contributed by atoms with E-state index >= 15 is 0 Å². The number of thiazole rings is 1. The first-order chi connectivity index (χ1) is 10.8. The van der Waals surface area contributed by atoms with Crippen molar-refractivity contribution in [1.29, 1.82) is 0 Å². The van der Waals surface area contributed by atoms with Gasteiger partial charge in [-0.05, 0) is 24.3 Å². The van der Waals surface area contributed by atoms with Crippen LogP contribution < -0.4 is 4.74 Å². The Morgan fingerprint density at radius 1 is 1.27 bits per heavy atom. The second-order valence-corrected chi connectivity index (χ2v) is 5.19. The van der Waals surface area contributed by atoms with Crippen molar-refractivity contribution in [3.05, 3.63) is 59.9 Å². The molecule has 0 bridgehead atoms. The SMILES string of the molecule is O=C(OCCn1cccn1)c1cccc(Oc2nccs2)c1. The first-order valence-corrected chi connectivity index (χ1v) is 7.51. The van der Waals surface area contributed by atoms with Crippen molar-refractivity contribution in [2.24, 2.45) is 0 Å². The number of hydrogen-bond acceptors (Lipinski definition) is 6. The van der Waals surface area contributed by atoms with Gasteiger partial charge in [-0.2, -0.15) is 5.10 Å². The van der Waals surface area contributed by atoms with E-state index in [9.17, 15) is 4.79 Å². The van der Waals surface area contributed by atoms with Crippen molar-refractivity contribution < 1.29 is 14.3 Å². The maximum atomic E-state index is 12.0. The highest BCUT2D eigenvalue weighted by Crippen LogP contribution is 2.24. The van der Waals surface area contributed by atoms with Crippen molar-refractivity contribution in [2.75, 3.05) is 6.61 Å². The lowest BCUT2D eigenvalue weighted by atomic mass is 10.2. The normalized spacial score (nSPS) is 10.4. The average molecular weight is 315 g/mol. The van der Waals surface area contributed by atoms with Crippen LogP contribution >= 0.6 is 11.3 Å². The van der Waals surface area contributed by atoms with E-state index < -0.39 is 5.97 Å². The van der Waals surface area contributed by atoms with Gasteiger partial charge in [0.2, 0.25) is 0 Å². The molecule has 0 aliphatic rings. The van der Waals surface area contributed by atoms with Gasteiger partial charge >= 0.3 is 5.97 Å². The number of rotatable bonds is 6. The molecular formula is C15H13N3O3S. The minimum Gasteiger partial charge on any atom is -0.460 e. The third-order valence-corrected chi connectivity index (χ3v) is 3.45. The number of ether oxygens (including phenoxy) is 2. The lowest BCUT2D eigenvalue weighted by molar-refractivity contribution is 0.0487. The van der Waals surface area contributed by atoms with Gasteiger partial charge in [0.25, 0.3) is 5.19 Å². The van der Waals surface area contributed by atoms with E-state index in [1.807, 2.05) is 17.6 Å². The topological polar surface area (TPSA) is 66.2 Å². The molecule has 2 heterocycles. The van der Waals surface area contributed by atoms with Crippen molar-refractivity contribution in [3.63, 3.8) is 0 Å². The van der Waals surface area contributed by atoms with Gasteiger partial charge in [-0.25, -0.2) is 9.78 Å². The number of hydrogen-bond donors (Lipinski definition) is 0. The van der Waals surface area contributed by atoms with E-state index in [2.05, 4.69) is 10.1 Å². The van der Waals surface area contributed by atoms with Crippen LogP contribution in [0.1, 0.15) is 10.4 Å². The molecule has 0 aliphatic heterocycles. The Bertz CT molecular complexity index is 726. The molecule has 7 heteroatoms. The zero-order valence-electron chi connectivity index (χ0n) is 11.6. The Labute approximate surface area is 130 Å². The van der Waals surface area contributed by atoms with E-state index in [1.54, 1.807) is 41.3 Å². The molecule has 0 atom stereocenters. The summed E-state index contributed by atoms with van der Waals surface area (Å²) in [5, 5.41) is 6.40. The van der Waals surface area contributed by atoms with Gasteiger partial charge in [-0.3, -0.25) is 4.68 Å². The average Bonchev–Trinajstić information content (AvgIpc) is 3.21. The van der Waals surface area contributed by atoms with Gasteiger partial charge in [0.1, 0.15) is 12.4 Å². The van der Waals surface area contributed by atoms with Crippen LogP contribution in [0.4, 0.5) is 0 Å². The number of carbonyl (C=O) groups is 1. The van der Waals surface area contributed by atoms with Gasteiger partial charge in [0.15, 0.2) is 0 Å². The highest BCUT2D eigenvalue weighted by molar-refractivity contribution is 7.11. The third-order valence-electron chi connectivity index (χ3n) is 2.80. The van der Waals surface area contributed by atoms with Gasteiger partial charge in [0.05, 0.1) is 12.1 Å². The fourth-order valence-corrected chi connectivity index (χ4v) is 2.30. The molecule has 2 aromatic heterocycles. The molecular weight excluding hydrogens is 302 g/mol. The van der Waals surface area contributed by atoms with Crippen LogP contribution in [-0.2, 0) is 11.3 Å². The number of aromatic nitrogens is 3. The molecule has 0 fully saturated rings. The van der Waals surface area contributed by atoms with Crippen LogP contribution in [0, 0.1) is 0 Å². The lowest BCUT2D eigenvalue weighted by Crippen LogP contribution is -2.11. The van der Waals surface area contributed by atoms with Crippen molar-refractivity contribution in [2.45, 2.75) is 6.54 Å². The fourth-order valence-electron chi connectivity index (χ4n) is 1.80. The third kappa shape index (κ3) is 3.70. The maximum absolute atomic E-state index is 12.0. The second kappa shape index (κ2) is 6.86. The molecule has 0 N–H and O–H groups in total. The van der Waals surface area contributed by atoms with Crippen LogP contribution in [0.15, 0.2) is 54.3 Å². The Hall–Kier alpha value is -2.67. The van der Waals surface area contributed by atoms with Crippen LogP contribution in [0.2, 0.25) is 0 Å². The molecule has 0 saturated heterocycles. The molecule has 112 valence electrons. The molecule has 0 unspecified atom stereocenters. The molecule has 22 heavy (non-hydrogen) atoms. The highest BCUT2D eigenvalue weighted by atomic mass is 32.1. The van der Waals surface area contributed by atoms with Crippen LogP contribution in [-0.4, -0.2) is 27.3 Å². The van der Waals surface area contributed by atoms with Crippen molar-refractivity contribution in [1.82, 2.24) is 14.8 Å². The molecule has 1 aromatic carbocycles. The van der Waals surface area contributed by atoms with Crippen LogP contribution in [0.5, 0.6) is 10.9 Å². The summed E-state index contributed by atoms with van der Waals surface area (Å²) in [6.45, 7) is 0.784. The molecule has 0 amide bonds. The van der Waals surface area contributed by atoms with Crippen LogP contribution in [0.25, 0.3) is 0 Å². The summed E-state index contributed by atoms with van der Waals surface area (Å²) in [7, 11) is 0. The zero-order chi connectivity index (χ0) is 15.2. The number of esters is 1. The standard InChI is InChI=1S/C15H13N3O3S/c19-14(20-9-8-18-7-2-5-17-18)12-3-1-4-13(11-12)21-15-16-6-10-22-15/h1-7,10-11H,8-9H2. The fraction of sp³-hybridized carbons (Fsp3) is 0.133. The van der Waals surface area contributed by atoms with Gasteiger partial charge in [0, 0.05) is 24.0 Å². The van der Waals surface area contributed by atoms with E-state index in [1.165, 1.54) is 11.3 Å². The predicted molar refractivity (Wildman–Crippen MR) is 81.1 cm³/mol. The highest BCUT2D eigenvalue weighted by Gasteiger charge is 2.09. The van der Waals surface area contributed by atoms with Crippen LogP contribution in [0.3, 0.4) is 0 Å². The summed E-state index contributed by atoms with van der Waals surface area (Å²) in [6, 6.07) is 8.65. The Morgan fingerprint density at radius 3 is 3.00 bits per heavy atom. The summed E-state index contributed by atoms with van der Waals surface area (Å²) in [6.07, 6.45) is 5.16. The smallest absolute Gasteiger partial charge is 0.338 e.